The monoisotopic (exact) mass is 396 g/mol. The minimum Gasteiger partial charge on any atom is -0.444 e. The van der Waals surface area contributed by atoms with Crippen molar-refractivity contribution in [3.8, 4) is 11.8 Å². The lowest BCUT2D eigenvalue weighted by Crippen LogP contribution is -2.49. The zero-order chi connectivity index (χ0) is 20.0. The van der Waals surface area contributed by atoms with E-state index >= 15 is 0 Å². The highest BCUT2D eigenvalue weighted by Gasteiger charge is 2.45. The third-order valence-corrected chi connectivity index (χ3v) is 5.21. The average molecular weight is 396 g/mol. The van der Waals surface area contributed by atoms with Crippen LogP contribution in [0.1, 0.15) is 18.9 Å². The van der Waals surface area contributed by atoms with E-state index in [0.29, 0.717) is 12.3 Å². The maximum Gasteiger partial charge on any atom is 0.414 e. The molecule has 3 unspecified atom stereocenters. The van der Waals surface area contributed by atoms with Gasteiger partial charge in [0.25, 0.3) is 5.91 Å². The van der Waals surface area contributed by atoms with Gasteiger partial charge in [0.2, 0.25) is 0 Å². The molecule has 1 aliphatic heterocycles. The SMILES string of the molecule is COCC#Cc1ccc(N2CC(CC(C)(C(=O)NO)S(=O)O)OC2=O)cc1. The van der Waals surface area contributed by atoms with Crippen molar-refractivity contribution in [1.29, 1.82) is 0 Å². The number of hydrogen-bond donors (Lipinski definition) is 3. The van der Waals surface area contributed by atoms with E-state index in [4.69, 9.17) is 14.7 Å². The van der Waals surface area contributed by atoms with Gasteiger partial charge in [-0.25, -0.2) is 14.5 Å². The lowest BCUT2D eigenvalue weighted by Gasteiger charge is -2.25. The molecule has 3 atom stereocenters. The van der Waals surface area contributed by atoms with Crippen molar-refractivity contribution in [1.82, 2.24) is 5.48 Å². The molecule has 0 bridgehead atoms. The Balaban J connectivity index is 2.10. The van der Waals surface area contributed by atoms with Crippen molar-refractivity contribution in [2.45, 2.75) is 24.2 Å². The summed E-state index contributed by atoms with van der Waals surface area (Å²) in [5, 5.41) is 8.80. The standard InChI is InChI=1S/C17H20N2O7S/c1-17(27(23)24,15(20)18-22)10-14-11-19(16(21)26-14)13-7-5-12(6-8-13)4-3-9-25-2/h5-8,14,22H,9-11H2,1-2H3,(H,18,20)(H,23,24). The van der Waals surface area contributed by atoms with Gasteiger partial charge < -0.3 is 14.0 Å². The molecule has 1 heterocycles. The number of nitrogens with zero attached hydrogens (tertiary/aromatic N) is 1. The molecule has 2 rings (SSSR count). The molecule has 9 nitrogen and oxygen atoms in total. The largest absolute Gasteiger partial charge is 0.444 e. The molecule has 146 valence electrons. The number of cyclic esters (lactones) is 1. The Morgan fingerprint density at radius 2 is 2.15 bits per heavy atom. The summed E-state index contributed by atoms with van der Waals surface area (Å²) in [7, 11) is 1.55. The molecular formula is C17H20N2O7S. The minimum absolute atomic E-state index is 0.0963. The summed E-state index contributed by atoms with van der Waals surface area (Å²) in [6.07, 6.45) is -1.66. The van der Waals surface area contributed by atoms with E-state index in [1.54, 1.807) is 31.4 Å². The second-order valence-electron chi connectivity index (χ2n) is 6.02. The Morgan fingerprint density at radius 1 is 1.48 bits per heavy atom. The number of carbonyl (C=O) groups is 2. The van der Waals surface area contributed by atoms with Crippen molar-refractivity contribution in [2.24, 2.45) is 0 Å². The molecule has 0 aromatic heterocycles. The highest BCUT2D eigenvalue weighted by molar-refractivity contribution is 7.81. The zero-order valence-corrected chi connectivity index (χ0v) is 15.6. The zero-order valence-electron chi connectivity index (χ0n) is 14.8. The first-order valence-electron chi connectivity index (χ1n) is 7.93. The number of hydroxylamine groups is 1. The van der Waals surface area contributed by atoms with E-state index in [1.807, 2.05) is 0 Å². The fraction of sp³-hybridized carbons (Fsp3) is 0.412. The molecule has 1 saturated heterocycles. The fourth-order valence-electron chi connectivity index (χ4n) is 2.57. The first-order valence-corrected chi connectivity index (χ1v) is 9.04. The molecule has 0 radical (unpaired) electrons. The number of methoxy groups -OCH3 is 1. The van der Waals surface area contributed by atoms with E-state index in [9.17, 15) is 18.4 Å². The lowest BCUT2D eigenvalue weighted by atomic mass is 10.0. The van der Waals surface area contributed by atoms with Crippen molar-refractivity contribution < 1.29 is 33.0 Å². The smallest absolute Gasteiger partial charge is 0.414 e. The number of amides is 2. The van der Waals surface area contributed by atoms with Gasteiger partial charge in [0, 0.05) is 24.8 Å². The van der Waals surface area contributed by atoms with Gasteiger partial charge in [-0.15, -0.1) is 0 Å². The van der Waals surface area contributed by atoms with Crippen LogP contribution in [-0.4, -0.2) is 57.1 Å². The van der Waals surface area contributed by atoms with Crippen LogP contribution in [0.15, 0.2) is 24.3 Å². The van der Waals surface area contributed by atoms with Crippen LogP contribution in [0.4, 0.5) is 10.5 Å². The summed E-state index contributed by atoms with van der Waals surface area (Å²) in [4.78, 5) is 25.3. The summed E-state index contributed by atoms with van der Waals surface area (Å²) in [6, 6.07) is 6.88. The molecule has 0 spiro atoms. The molecule has 1 aliphatic rings. The van der Waals surface area contributed by atoms with Crippen LogP contribution in [0, 0.1) is 11.8 Å². The van der Waals surface area contributed by atoms with Gasteiger partial charge in [-0.2, -0.15) is 0 Å². The summed E-state index contributed by atoms with van der Waals surface area (Å²) in [5.74, 6) is 4.70. The third-order valence-electron chi connectivity index (χ3n) is 4.09. The fourth-order valence-corrected chi connectivity index (χ4v) is 3.10. The molecule has 27 heavy (non-hydrogen) atoms. The number of ether oxygens (including phenoxy) is 2. The van der Waals surface area contributed by atoms with Gasteiger partial charge in [-0.05, 0) is 31.2 Å². The normalized spacial score (nSPS) is 19.5. The van der Waals surface area contributed by atoms with Crippen molar-refractivity contribution in [2.75, 3.05) is 25.2 Å². The molecular weight excluding hydrogens is 376 g/mol. The number of rotatable bonds is 6. The van der Waals surface area contributed by atoms with E-state index in [1.165, 1.54) is 17.3 Å². The predicted octanol–water partition coefficient (Wildman–Crippen LogP) is 0.886. The highest BCUT2D eigenvalue weighted by Crippen LogP contribution is 2.28. The number of carbonyl (C=O) groups excluding carboxylic acids is 2. The van der Waals surface area contributed by atoms with Crippen molar-refractivity contribution >= 4 is 28.8 Å². The van der Waals surface area contributed by atoms with Crippen LogP contribution in [0.3, 0.4) is 0 Å². The second-order valence-corrected chi connectivity index (χ2v) is 7.42. The van der Waals surface area contributed by atoms with Crippen LogP contribution in [0.2, 0.25) is 0 Å². The summed E-state index contributed by atoms with van der Waals surface area (Å²) < 4.78 is 29.2. The van der Waals surface area contributed by atoms with Gasteiger partial charge in [-0.1, -0.05) is 11.8 Å². The molecule has 0 saturated carbocycles. The first kappa shape index (κ1) is 20.9. The van der Waals surface area contributed by atoms with E-state index in [2.05, 4.69) is 11.8 Å². The molecule has 3 N–H and O–H groups in total. The minimum atomic E-state index is -2.58. The molecule has 1 aromatic rings. The molecule has 2 amide bonds. The number of hydrogen-bond acceptors (Lipinski definition) is 6. The Morgan fingerprint density at radius 3 is 2.70 bits per heavy atom. The first-order chi connectivity index (χ1) is 12.8. The van der Waals surface area contributed by atoms with Gasteiger partial charge >= 0.3 is 6.09 Å². The quantitative estimate of drug-likeness (QED) is 0.282. The van der Waals surface area contributed by atoms with Gasteiger partial charge in [-0.3, -0.25) is 14.9 Å². The highest BCUT2D eigenvalue weighted by atomic mass is 32.2. The van der Waals surface area contributed by atoms with Crippen molar-refractivity contribution in [3.05, 3.63) is 29.8 Å². The van der Waals surface area contributed by atoms with E-state index < -0.39 is 33.9 Å². The van der Waals surface area contributed by atoms with Gasteiger partial charge in [0.1, 0.15) is 12.7 Å². The topological polar surface area (TPSA) is 125 Å². The lowest BCUT2D eigenvalue weighted by molar-refractivity contribution is -0.132. The van der Waals surface area contributed by atoms with Gasteiger partial charge in [0.05, 0.1) is 6.54 Å². The van der Waals surface area contributed by atoms with Gasteiger partial charge in [0.15, 0.2) is 15.8 Å². The van der Waals surface area contributed by atoms with Crippen LogP contribution < -0.4 is 10.4 Å². The number of nitrogens with one attached hydrogen (secondary N) is 1. The van der Waals surface area contributed by atoms with E-state index in [0.717, 1.165) is 5.56 Å². The predicted molar refractivity (Wildman–Crippen MR) is 96.5 cm³/mol. The third kappa shape index (κ3) is 4.84. The van der Waals surface area contributed by atoms with Crippen molar-refractivity contribution in [3.63, 3.8) is 0 Å². The second kappa shape index (κ2) is 8.96. The van der Waals surface area contributed by atoms with Crippen LogP contribution in [0.5, 0.6) is 0 Å². The Labute approximate surface area is 158 Å². The Kier molecular flexibility index (Phi) is 6.92. The van der Waals surface area contributed by atoms with Crippen LogP contribution in [0.25, 0.3) is 0 Å². The Hall–Kier alpha value is -2.45. The molecule has 10 heteroatoms. The molecule has 1 fully saturated rings. The summed E-state index contributed by atoms with van der Waals surface area (Å²) in [6.45, 7) is 1.62. The van der Waals surface area contributed by atoms with Crippen LogP contribution in [-0.2, 0) is 25.3 Å². The van der Waals surface area contributed by atoms with E-state index in [-0.39, 0.29) is 13.0 Å². The van der Waals surface area contributed by atoms with Crippen LogP contribution >= 0.6 is 0 Å². The summed E-state index contributed by atoms with van der Waals surface area (Å²) >= 11 is -2.58. The molecule has 1 aromatic carbocycles. The summed E-state index contributed by atoms with van der Waals surface area (Å²) in [5.41, 5.74) is 2.69. The molecule has 0 aliphatic carbocycles. The average Bonchev–Trinajstić information content (AvgIpc) is 3.01. The maximum atomic E-state index is 12.1. The maximum absolute atomic E-state index is 12.1. The Bertz CT molecular complexity index is 787. The number of benzene rings is 1. The number of anilines is 1.